The van der Waals surface area contributed by atoms with E-state index in [0.717, 1.165) is 5.56 Å². The van der Waals surface area contributed by atoms with Crippen molar-refractivity contribution in [3.05, 3.63) is 52.8 Å². The number of nitrogen functional groups attached to an aromatic ring is 1. The maximum Gasteiger partial charge on any atom is 0.248 e. The molecule has 2 aromatic heterocycles. The lowest BCUT2D eigenvalue weighted by Crippen LogP contribution is -2.03. The van der Waals surface area contributed by atoms with Gasteiger partial charge >= 0.3 is 0 Å². The van der Waals surface area contributed by atoms with Crippen LogP contribution in [0.5, 0.6) is 5.75 Å². The predicted octanol–water partition coefficient (Wildman–Crippen LogP) is 2.29. The van der Waals surface area contributed by atoms with E-state index in [1.807, 2.05) is 24.3 Å². The Labute approximate surface area is 120 Å². The number of aromatic amines is 1. The van der Waals surface area contributed by atoms with Crippen LogP contribution in [-0.2, 0) is 0 Å². The zero-order valence-corrected chi connectivity index (χ0v) is 11.3. The van der Waals surface area contributed by atoms with Crippen LogP contribution >= 0.6 is 0 Å². The van der Waals surface area contributed by atoms with Crippen molar-refractivity contribution in [1.82, 2.24) is 10.1 Å². The molecule has 3 aromatic rings. The van der Waals surface area contributed by atoms with E-state index in [-0.39, 0.29) is 11.4 Å². The molecule has 0 fully saturated rings. The monoisotopic (exact) mass is 283 g/mol. The number of benzene rings is 1. The number of pyridine rings is 1. The van der Waals surface area contributed by atoms with Crippen molar-refractivity contribution in [3.8, 4) is 28.3 Å². The highest BCUT2D eigenvalue weighted by Gasteiger charge is 2.18. The summed E-state index contributed by atoms with van der Waals surface area (Å²) in [6.45, 7) is 0. The van der Waals surface area contributed by atoms with E-state index in [0.29, 0.717) is 22.8 Å². The van der Waals surface area contributed by atoms with Crippen molar-refractivity contribution in [2.24, 2.45) is 0 Å². The number of anilines is 1. The Morgan fingerprint density at radius 3 is 2.81 bits per heavy atom. The van der Waals surface area contributed by atoms with E-state index in [1.165, 1.54) is 6.07 Å². The summed E-state index contributed by atoms with van der Waals surface area (Å²) in [7, 11) is 1.59. The maximum absolute atomic E-state index is 11.4. The normalized spacial score (nSPS) is 10.5. The second-order valence-electron chi connectivity index (χ2n) is 4.43. The lowest BCUT2D eigenvalue weighted by Gasteiger charge is -2.05. The molecule has 0 atom stereocenters. The molecule has 1 aromatic carbocycles. The van der Waals surface area contributed by atoms with Crippen molar-refractivity contribution < 1.29 is 9.26 Å². The highest BCUT2D eigenvalue weighted by Crippen LogP contribution is 2.36. The van der Waals surface area contributed by atoms with E-state index in [1.54, 1.807) is 19.2 Å². The number of aromatic nitrogens is 2. The van der Waals surface area contributed by atoms with Gasteiger partial charge in [-0.1, -0.05) is 23.4 Å². The summed E-state index contributed by atoms with van der Waals surface area (Å²) in [5.74, 6) is 1.36. The fourth-order valence-corrected chi connectivity index (χ4v) is 2.12. The molecule has 0 bridgehead atoms. The van der Waals surface area contributed by atoms with Crippen LogP contribution in [0.4, 0.5) is 5.82 Å². The maximum atomic E-state index is 11.4. The van der Waals surface area contributed by atoms with E-state index >= 15 is 0 Å². The summed E-state index contributed by atoms with van der Waals surface area (Å²) in [4.78, 5) is 14.1. The van der Waals surface area contributed by atoms with Gasteiger partial charge in [-0.25, -0.2) is 0 Å². The number of nitrogens with one attached hydrogen (secondary N) is 1. The summed E-state index contributed by atoms with van der Waals surface area (Å²) >= 11 is 0. The van der Waals surface area contributed by atoms with Crippen molar-refractivity contribution >= 4 is 5.82 Å². The molecule has 0 saturated heterocycles. The Hall–Kier alpha value is -3.02. The molecular weight excluding hydrogens is 270 g/mol. The van der Waals surface area contributed by atoms with Crippen LogP contribution in [-0.4, -0.2) is 17.3 Å². The molecule has 3 N–H and O–H groups in total. The molecule has 3 rings (SSSR count). The van der Waals surface area contributed by atoms with Gasteiger partial charge in [0.15, 0.2) is 11.6 Å². The van der Waals surface area contributed by atoms with Crippen molar-refractivity contribution in [2.45, 2.75) is 0 Å². The number of ether oxygens (including phenoxy) is 1. The highest BCUT2D eigenvalue weighted by molar-refractivity contribution is 5.85. The molecule has 0 saturated carbocycles. The molecule has 0 amide bonds. The Bertz CT molecular complexity index is 836. The van der Waals surface area contributed by atoms with E-state index in [9.17, 15) is 4.79 Å². The fourth-order valence-electron chi connectivity index (χ4n) is 2.12. The Balaban J connectivity index is 2.19. The number of nitrogens with two attached hydrogens (primary N) is 1. The van der Waals surface area contributed by atoms with Gasteiger partial charge in [-0.3, -0.25) is 4.79 Å². The number of methoxy groups -OCH3 is 1. The zero-order chi connectivity index (χ0) is 14.8. The van der Waals surface area contributed by atoms with Crippen molar-refractivity contribution in [3.63, 3.8) is 0 Å². The SMILES string of the molecule is COc1cccc(-c2c(N)noc2-c2cccc(=O)[nH]2)c1. The molecule has 0 aliphatic heterocycles. The molecule has 21 heavy (non-hydrogen) atoms. The third-order valence-corrected chi connectivity index (χ3v) is 3.09. The van der Waals surface area contributed by atoms with Crippen LogP contribution in [0.25, 0.3) is 22.6 Å². The van der Waals surface area contributed by atoms with E-state index < -0.39 is 0 Å². The molecule has 6 nitrogen and oxygen atoms in total. The van der Waals surface area contributed by atoms with Gasteiger partial charge in [-0.05, 0) is 23.8 Å². The summed E-state index contributed by atoms with van der Waals surface area (Å²) in [6, 6.07) is 12.2. The molecular formula is C15H13N3O3. The minimum absolute atomic E-state index is 0.223. The fraction of sp³-hybridized carbons (Fsp3) is 0.0667. The van der Waals surface area contributed by atoms with Crippen molar-refractivity contribution in [1.29, 1.82) is 0 Å². The first-order valence-corrected chi connectivity index (χ1v) is 6.28. The second kappa shape index (κ2) is 5.16. The smallest absolute Gasteiger partial charge is 0.248 e. The Morgan fingerprint density at radius 1 is 1.24 bits per heavy atom. The van der Waals surface area contributed by atoms with Crippen LogP contribution in [0.2, 0.25) is 0 Å². The van der Waals surface area contributed by atoms with Gasteiger partial charge < -0.3 is 20.0 Å². The molecule has 6 heteroatoms. The topological polar surface area (TPSA) is 94.1 Å². The van der Waals surface area contributed by atoms with Gasteiger partial charge in [0.2, 0.25) is 5.56 Å². The van der Waals surface area contributed by atoms with E-state index in [2.05, 4.69) is 10.1 Å². The van der Waals surface area contributed by atoms with E-state index in [4.69, 9.17) is 15.0 Å². The number of hydrogen-bond donors (Lipinski definition) is 2. The lowest BCUT2D eigenvalue weighted by atomic mass is 10.0. The largest absolute Gasteiger partial charge is 0.497 e. The van der Waals surface area contributed by atoms with Crippen LogP contribution in [0.15, 0.2) is 51.8 Å². The summed E-state index contributed by atoms with van der Waals surface area (Å²) in [5.41, 5.74) is 7.62. The molecule has 106 valence electrons. The molecule has 0 aliphatic carbocycles. The number of nitrogens with zero attached hydrogens (tertiary/aromatic N) is 1. The van der Waals surface area contributed by atoms with Crippen LogP contribution in [0.1, 0.15) is 0 Å². The third kappa shape index (κ3) is 2.38. The molecule has 2 heterocycles. The van der Waals surface area contributed by atoms with Crippen LogP contribution in [0, 0.1) is 0 Å². The van der Waals surface area contributed by atoms with Crippen LogP contribution < -0.4 is 16.0 Å². The summed E-state index contributed by atoms with van der Waals surface area (Å²) < 4.78 is 10.5. The molecule has 0 unspecified atom stereocenters. The summed E-state index contributed by atoms with van der Waals surface area (Å²) in [5, 5.41) is 3.79. The molecule has 0 radical (unpaired) electrons. The first kappa shape index (κ1) is 13.0. The second-order valence-corrected chi connectivity index (χ2v) is 4.43. The first-order valence-electron chi connectivity index (χ1n) is 6.28. The Kier molecular flexibility index (Phi) is 3.19. The quantitative estimate of drug-likeness (QED) is 0.769. The zero-order valence-electron chi connectivity index (χ0n) is 11.3. The first-order chi connectivity index (χ1) is 10.2. The number of rotatable bonds is 3. The average Bonchev–Trinajstić information content (AvgIpc) is 2.89. The van der Waals surface area contributed by atoms with Crippen molar-refractivity contribution in [2.75, 3.05) is 12.8 Å². The Morgan fingerprint density at radius 2 is 2.05 bits per heavy atom. The number of H-pyrrole nitrogens is 1. The van der Waals surface area contributed by atoms with Gasteiger partial charge in [0.25, 0.3) is 0 Å². The molecule has 0 aliphatic rings. The van der Waals surface area contributed by atoms with Crippen LogP contribution in [0.3, 0.4) is 0 Å². The predicted molar refractivity (Wildman–Crippen MR) is 79.0 cm³/mol. The average molecular weight is 283 g/mol. The lowest BCUT2D eigenvalue weighted by molar-refractivity contribution is 0.415. The number of hydrogen-bond acceptors (Lipinski definition) is 5. The standard InChI is InChI=1S/C15H13N3O3/c1-20-10-5-2-4-9(8-10)13-14(21-18-15(13)16)11-6-3-7-12(19)17-11/h2-8H,1H3,(H2,16,18)(H,17,19). The molecule has 0 spiro atoms. The van der Waals surface area contributed by atoms with Gasteiger partial charge in [0, 0.05) is 6.07 Å². The van der Waals surface area contributed by atoms with Gasteiger partial charge in [0.1, 0.15) is 5.75 Å². The van der Waals surface area contributed by atoms with Gasteiger partial charge in [0.05, 0.1) is 18.4 Å². The van der Waals surface area contributed by atoms with Gasteiger partial charge in [-0.2, -0.15) is 0 Å². The highest BCUT2D eigenvalue weighted by atomic mass is 16.5. The minimum Gasteiger partial charge on any atom is -0.497 e. The summed E-state index contributed by atoms with van der Waals surface area (Å²) in [6.07, 6.45) is 0. The third-order valence-electron chi connectivity index (χ3n) is 3.09. The van der Waals surface area contributed by atoms with Gasteiger partial charge in [-0.15, -0.1) is 0 Å². The minimum atomic E-state index is -0.223.